The van der Waals surface area contributed by atoms with Crippen molar-refractivity contribution in [3.8, 4) is 0 Å². The first-order chi connectivity index (χ1) is 13.9. The van der Waals surface area contributed by atoms with Crippen molar-refractivity contribution >= 4 is 29.2 Å². The highest BCUT2D eigenvalue weighted by molar-refractivity contribution is 6.33. The van der Waals surface area contributed by atoms with E-state index in [4.69, 9.17) is 11.6 Å². The molecular weight excluding hydrogens is 378 g/mol. The maximum atomic E-state index is 13.3. The molecule has 1 amide bonds. The third-order valence-electron chi connectivity index (χ3n) is 5.23. The van der Waals surface area contributed by atoms with E-state index < -0.39 is 0 Å². The Morgan fingerprint density at radius 1 is 0.897 bits per heavy atom. The second-order valence-corrected chi connectivity index (χ2v) is 7.84. The number of amides is 1. The third-order valence-corrected chi connectivity index (χ3v) is 5.58. The van der Waals surface area contributed by atoms with E-state index in [0.29, 0.717) is 10.6 Å². The molecule has 148 valence electrons. The normalized spacial score (nSPS) is 12.5. The number of hydrogen-bond donors (Lipinski definition) is 1. The largest absolute Gasteiger partial charge is 0.345 e. The highest BCUT2D eigenvalue weighted by Gasteiger charge is 2.18. The van der Waals surface area contributed by atoms with Gasteiger partial charge in [0.05, 0.1) is 6.04 Å². The molecule has 29 heavy (non-hydrogen) atoms. The average Bonchev–Trinajstić information content (AvgIpc) is 2.70. The summed E-state index contributed by atoms with van der Waals surface area (Å²) in [6.45, 7) is 8.31. The summed E-state index contributed by atoms with van der Waals surface area (Å²) in [6, 6.07) is 21.4. The summed E-state index contributed by atoms with van der Waals surface area (Å²) in [6.07, 6.45) is 1.85. The molecule has 0 bridgehead atoms. The van der Waals surface area contributed by atoms with Crippen molar-refractivity contribution < 1.29 is 4.79 Å². The summed E-state index contributed by atoms with van der Waals surface area (Å²) in [4.78, 5) is 13.3. The predicted molar refractivity (Wildman–Crippen MR) is 123 cm³/mol. The van der Waals surface area contributed by atoms with Gasteiger partial charge < -0.3 is 5.32 Å². The molecule has 0 radical (unpaired) electrons. The Kier molecular flexibility index (Phi) is 6.56. The van der Waals surface area contributed by atoms with Crippen molar-refractivity contribution in [2.45, 2.75) is 33.7 Å². The molecular formula is C26H26ClNO. The van der Waals surface area contributed by atoms with Crippen LogP contribution in [0.1, 0.15) is 46.3 Å². The summed E-state index contributed by atoms with van der Waals surface area (Å²) in [5, 5.41) is 3.79. The van der Waals surface area contributed by atoms with Crippen molar-refractivity contribution in [3.63, 3.8) is 0 Å². The number of halogens is 1. The van der Waals surface area contributed by atoms with E-state index in [1.54, 1.807) is 0 Å². The fraction of sp³-hybridized carbons (Fsp3) is 0.192. The fourth-order valence-electron chi connectivity index (χ4n) is 3.45. The molecule has 1 N–H and O–H groups in total. The number of carbonyl (C=O) groups excluding carboxylic acids is 1. The van der Waals surface area contributed by atoms with Gasteiger partial charge in [-0.2, -0.15) is 0 Å². The molecule has 3 rings (SSSR count). The molecule has 3 aromatic rings. The van der Waals surface area contributed by atoms with Crippen LogP contribution >= 0.6 is 11.6 Å². The second kappa shape index (κ2) is 9.11. The van der Waals surface area contributed by atoms with Crippen molar-refractivity contribution in [2.24, 2.45) is 0 Å². The van der Waals surface area contributed by atoms with Crippen LogP contribution in [0.3, 0.4) is 0 Å². The van der Waals surface area contributed by atoms with Gasteiger partial charge in [-0.1, -0.05) is 72.3 Å². The van der Waals surface area contributed by atoms with Gasteiger partial charge >= 0.3 is 0 Å². The Bertz CT molecular complexity index is 1050. The zero-order chi connectivity index (χ0) is 21.0. The molecule has 0 aliphatic carbocycles. The number of nitrogens with one attached hydrogen (secondary N) is 1. The average molecular weight is 404 g/mol. The summed E-state index contributed by atoms with van der Waals surface area (Å²) < 4.78 is 0. The molecule has 0 fully saturated rings. The number of carbonyl (C=O) groups is 1. The number of hydrogen-bond acceptors (Lipinski definition) is 1. The van der Waals surface area contributed by atoms with Crippen LogP contribution in [0, 0.1) is 20.8 Å². The van der Waals surface area contributed by atoms with Gasteiger partial charge in [-0.3, -0.25) is 4.79 Å². The molecule has 0 aliphatic heterocycles. The van der Waals surface area contributed by atoms with E-state index in [0.717, 1.165) is 16.7 Å². The van der Waals surface area contributed by atoms with Gasteiger partial charge in [0.2, 0.25) is 0 Å². The van der Waals surface area contributed by atoms with E-state index in [1.165, 1.54) is 16.7 Å². The van der Waals surface area contributed by atoms with Gasteiger partial charge in [0.25, 0.3) is 5.91 Å². The van der Waals surface area contributed by atoms with Gasteiger partial charge in [-0.05, 0) is 73.2 Å². The molecule has 0 aromatic heterocycles. The molecule has 0 saturated heterocycles. The Morgan fingerprint density at radius 2 is 1.52 bits per heavy atom. The molecule has 0 aliphatic rings. The van der Waals surface area contributed by atoms with Crippen molar-refractivity contribution in [3.05, 3.63) is 105 Å². The molecule has 0 unspecified atom stereocenters. The van der Waals surface area contributed by atoms with E-state index in [9.17, 15) is 4.79 Å². The number of rotatable bonds is 5. The molecule has 0 heterocycles. The van der Waals surface area contributed by atoms with Gasteiger partial charge in [0, 0.05) is 10.6 Å². The van der Waals surface area contributed by atoms with Crippen molar-refractivity contribution in [1.82, 2.24) is 5.32 Å². The topological polar surface area (TPSA) is 29.1 Å². The third kappa shape index (κ3) is 4.96. The zero-order valence-electron chi connectivity index (χ0n) is 17.3. The van der Waals surface area contributed by atoms with E-state index >= 15 is 0 Å². The minimum Gasteiger partial charge on any atom is -0.345 e. The number of benzene rings is 3. The molecule has 0 saturated carbocycles. The van der Waals surface area contributed by atoms with Gasteiger partial charge in [0.15, 0.2) is 0 Å². The highest BCUT2D eigenvalue weighted by atomic mass is 35.5. The van der Waals surface area contributed by atoms with Gasteiger partial charge in [0.1, 0.15) is 0 Å². The Balaban J connectivity index is 1.96. The monoisotopic (exact) mass is 403 g/mol. The van der Waals surface area contributed by atoms with Crippen LogP contribution < -0.4 is 5.32 Å². The summed E-state index contributed by atoms with van der Waals surface area (Å²) >= 11 is 6.34. The Labute approximate surface area is 178 Å². The lowest BCUT2D eigenvalue weighted by Crippen LogP contribution is -2.28. The van der Waals surface area contributed by atoms with Crippen LogP contribution in [0.2, 0.25) is 5.02 Å². The lowest BCUT2D eigenvalue weighted by Gasteiger charge is -2.20. The Morgan fingerprint density at radius 3 is 2.21 bits per heavy atom. The second-order valence-electron chi connectivity index (χ2n) is 7.43. The van der Waals surface area contributed by atoms with Crippen LogP contribution in [0.4, 0.5) is 0 Å². The highest BCUT2D eigenvalue weighted by Crippen LogP contribution is 2.26. The van der Waals surface area contributed by atoms with Gasteiger partial charge in [-0.25, -0.2) is 0 Å². The summed E-state index contributed by atoms with van der Waals surface area (Å²) in [5.74, 6) is -0.124. The fourth-order valence-corrected chi connectivity index (χ4v) is 3.64. The number of aryl methyl sites for hydroxylation is 3. The maximum Gasteiger partial charge on any atom is 0.252 e. The molecule has 3 aromatic carbocycles. The minimum absolute atomic E-state index is 0.111. The standard InChI is InChI=1S/C26H26ClNO/c1-17-14-19(3)23(15-18(17)2)20(4)28-26(29)24(21-10-6-5-7-11-21)16-22-12-8-9-13-25(22)27/h5-16,20H,1-4H3,(H,28,29)/b24-16+/t20-/m0/s1. The first kappa shape index (κ1) is 20.9. The van der Waals surface area contributed by atoms with Crippen molar-refractivity contribution in [2.75, 3.05) is 0 Å². The van der Waals surface area contributed by atoms with Crippen molar-refractivity contribution in [1.29, 1.82) is 0 Å². The van der Waals surface area contributed by atoms with Crippen LogP contribution in [0.15, 0.2) is 66.7 Å². The zero-order valence-corrected chi connectivity index (χ0v) is 18.0. The van der Waals surface area contributed by atoms with E-state index in [1.807, 2.05) is 67.6 Å². The minimum atomic E-state index is -0.124. The quantitative estimate of drug-likeness (QED) is 0.373. The van der Waals surface area contributed by atoms with Gasteiger partial charge in [-0.15, -0.1) is 0 Å². The Hall–Kier alpha value is -2.84. The molecule has 3 heteroatoms. The molecule has 1 atom stereocenters. The van der Waals surface area contributed by atoms with E-state index in [2.05, 4.69) is 38.2 Å². The van der Waals surface area contributed by atoms with Crippen LogP contribution in [0.25, 0.3) is 11.6 Å². The van der Waals surface area contributed by atoms with Crippen LogP contribution in [-0.4, -0.2) is 5.91 Å². The first-order valence-electron chi connectivity index (χ1n) is 9.77. The van der Waals surface area contributed by atoms with E-state index in [-0.39, 0.29) is 11.9 Å². The lowest BCUT2D eigenvalue weighted by molar-refractivity contribution is -0.116. The smallest absolute Gasteiger partial charge is 0.252 e. The summed E-state index contributed by atoms with van der Waals surface area (Å²) in [5.41, 5.74) is 7.05. The molecule has 0 spiro atoms. The summed E-state index contributed by atoms with van der Waals surface area (Å²) in [7, 11) is 0. The molecule has 2 nitrogen and oxygen atoms in total. The van der Waals surface area contributed by atoms with Crippen LogP contribution in [0.5, 0.6) is 0 Å². The lowest BCUT2D eigenvalue weighted by atomic mass is 9.96. The first-order valence-corrected chi connectivity index (χ1v) is 10.1. The predicted octanol–water partition coefficient (Wildman–Crippen LogP) is 6.68. The SMILES string of the molecule is Cc1cc(C)c([C@H](C)NC(=O)/C(=C/c2ccccc2Cl)c2ccccc2)cc1C. The van der Waals surface area contributed by atoms with Crippen LogP contribution in [-0.2, 0) is 4.79 Å². The maximum absolute atomic E-state index is 13.3.